The Kier molecular flexibility index (Phi) is 5.80. The molecule has 1 aromatic heterocycles. The number of amides is 1. The minimum Gasteiger partial charge on any atom is -0.497 e. The van der Waals surface area contributed by atoms with Crippen LogP contribution in [-0.2, 0) is 11.3 Å². The number of methoxy groups -OCH3 is 1. The molecule has 4 aromatic rings. The number of hydrogen-bond donors (Lipinski definition) is 0. The summed E-state index contributed by atoms with van der Waals surface area (Å²) >= 11 is 0. The first kappa shape index (κ1) is 22.5. The van der Waals surface area contributed by atoms with Crippen LogP contribution < -0.4 is 10.3 Å². The number of aromatic nitrogens is 2. The van der Waals surface area contributed by atoms with E-state index in [2.05, 4.69) is 12.1 Å². The number of nitrogens with zero attached hydrogens (tertiary/aromatic N) is 3. The molecule has 2 aliphatic rings. The van der Waals surface area contributed by atoms with Crippen molar-refractivity contribution in [1.29, 1.82) is 0 Å². The molecule has 1 saturated heterocycles. The average Bonchev–Trinajstić information content (AvgIpc) is 3.68. The Hall–Kier alpha value is -3.93. The van der Waals surface area contributed by atoms with Crippen molar-refractivity contribution >= 4 is 16.8 Å². The van der Waals surface area contributed by atoms with Crippen molar-refractivity contribution in [3.8, 4) is 28.3 Å². The second kappa shape index (κ2) is 9.26. The number of benzene rings is 3. The largest absolute Gasteiger partial charge is 0.497 e. The summed E-state index contributed by atoms with van der Waals surface area (Å²) in [5.74, 6) is 2.26. The van der Waals surface area contributed by atoms with E-state index in [-0.39, 0.29) is 23.3 Å². The Balaban J connectivity index is 1.34. The van der Waals surface area contributed by atoms with E-state index in [1.165, 1.54) is 0 Å². The topological polar surface area (TPSA) is 64.4 Å². The quantitative estimate of drug-likeness (QED) is 0.391. The molecule has 1 atom stereocenters. The van der Waals surface area contributed by atoms with Gasteiger partial charge in [-0.05, 0) is 60.6 Å². The number of hydrogen-bond acceptors (Lipinski definition) is 4. The summed E-state index contributed by atoms with van der Waals surface area (Å²) in [5.41, 5.74) is 3.75. The Morgan fingerprint density at radius 1 is 0.917 bits per heavy atom. The van der Waals surface area contributed by atoms with Crippen molar-refractivity contribution in [3.63, 3.8) is 0 Å². The van der Waals surface area contributed by atoms with Crippen LogP contribution in [0.2, 0.25) is 0 Å². The maximum Gasteiger partial charge on any atom is 0.261 e. The summed E-state index contributed by atoms with van der Waals surface area (Å²) in [6.45, 7) is 2.05. The third kappa shape index (κ3) is 4.28. The lowest BCUT2D eigenvalue weighted by atomic mass is 10.0. The summed E-state index contributed by atoms with van der Waals surface area (Å²) in [5, 5.41) is 0.625. The van der Waals surface area contributed by atoms with Crippen molar-refractivity contribution in [2.45, 2.75) is 25.8 Å². The molecule has 6 nitrogen and oxygen atoms in total. The van der Waals surface area contributed by atoms with Gasteiger partial charge in [-0.3, -0.25) is 14.2 Å². The highest BCUT2D eigenvalue weighted by molar-refractivity contribution is 5.81. The fourth-order valence-corrected chi connectivity index (χ4v) is 5.18. The van der Waals surface area contributed by atoms with Crippen LogP contribution in [0.5, 0.6) is 5.75 Å². The van der Waals surface area contributed by atoms with Gasteiger partial charge in [0.15, 0.2) is 0 Å². The molecule has 182 valence electrons. The van der Waals surface area contributed by atoms with Crippen LogP contribution in [0.1, 0.15) is 19.3 Å². The molecule has 1 aliphatic heterocycles. The summed E-state index contributed by atoms with van der Waals surface area (Å²) in [6.07, 6.45) is 2.95. The maximum absolute atomic E-state index is 13.6. The van der Waals surface area contributed by atoms with E-state index in [9.17, 15) is 9.59 Å². The molecule has 6 rings (SSSR count). The van der Waals surface area contributed by atoms with E-state index in [0.717, 1.165) is 48.2 Å². The normalized spacial score (nSPS) is 17.5. The highest BCUT2D eigenvalue weighted by Crippen LogP contribution is 2.33. The smallest absolute Gasteiger partial charge is 0.261 e. The molecule has 2 fully saturated rings. The number of carbonyl (C=O) groups excluding carboxylic acids is 1. The van der Waals surface area contributed by atoms with E-state index in [1.54, 1.807) is 7.11 Å². The Morgan fingerprint density at radius 2 is 1.58 bits per heavy atom. The number of likely N-dealkylation sites (tertiary alicyclic amines) is 1. The zero-order valence-corrected chi connectivity index (χ0v) is 20.4. The fourth-order valence-electron chi connectivity index (χ4n) is 5.18. The SMILES string of the molecule is COc1ccc(-c2ccc(-c3nc4ccccc4c(=O)n3CC3CCN(C(=O)C4CC4)C3)cc2)cc1. The highest BCUT2D eigenvalue weighted by Gasteiger charge is 2.36. The Bertz CT molecular complexity index is 1470. The second-order valence-corrected chi connectivity index (χ2v) is 9.89. The van der Waals surface area contributed by atoms with Gasteiger partial charge in [0, 0.05) is 31.1 Å². The molecule has 0 N–H and O–H groups in total. The van der Waals surface area contributed by atoms with Gasteiger partial charge in [0.2, 0.25) is 5.91 Å². The van der Waals surface area contributed by atoms with Crippen molar-refractivity contribution in [1.82, 2.24) is 14.5 Å². The molecule has 0 spiro atoms. The zero-order valence-electron chi connectivity index (χ0n) is 20.4. The maximum atomic E-state index is 13.6. The first-order valence-corrected chi connectivity index (χ1v) is 12.6. The van der Waals surface area contributed by atoms with Crippen LogP contribution in [0.3, 0.4) is 0 Å². The predicted molar refractivity (Wildman–Crippen MR) is 141 cm³/mol. The van der Waals surface area contributed by atoms with Crippen LogP contribution in [-0.4, -0.2) is 40.6 Å². The van der Waals surface area contributed by atoms with E-state index >= 15 is 0 Å². The van der Waals surface area contributed by atoms with Crippen LogP contribution in [0.4, 0.5) is 0 Å². The molecule has 0 radical (unpaired) electrons. The zero-order chi connectivity index (χ0) is 24.6. The van der Waals surface area contributed by atoms with Crippen LogP contribution in [0.25, 0.3) is 33.4 Å². The highest BCUT2D eigenvalue weighted by atomic mass is 16.5. The van der Waals surface area contributed by atoms with E-state index in [4.69, 9.17) is 9.72 Å². The molecule has 36 heavy (non-hydrogen) atoms. The van der Waals surface area contributed by atoms with Gasteiger partial charge in [0.05, 0.1) is 18.0 Å². The van der Waals surface area contributed by atoms with Gasteiger partial charge < -0.3 is 9.64 Å². The van der Waals surface area contributed by atoms with E-state index in [1.807, 2.05) is 70.1 Å². The third-order valence-electron chi connectivity index (χ3n) is 7.39. The van der Waals surface area contributed by atoms with E-state index < -0.39 is 0 Å². The molecule has 3 aromatic carbocycles. The van der Waals surface area contributed by atoms with Gasteiger partial charge in [-0.25, -0.2) is 4.98 Å². The predicted octanol–water partition coefficient (Wildman–Crippen LogP) is 5.00. The van der Waals surface area contributed by atoms with Crippen LogP contribution in [0, 0.1) is 11.8 Å². The molecule has 1 unspecified atom stereocenters. The number of ether oxygens (including phenoxy) is 1. The molecule has 6 heteroatoms. The third-order valence-corrected chi connectivity index (χ3v) is 7.39. The number of fused-ring (bicyclic) bond motifs is 1. The lowest BCUT2D eigenvalue weighted by molar-refractivity contribution is -0.131. The number of para-hydroxylation sites is 1. The Labute approximate surface area is 210 Å². The standard InChI is InChI=1S/C30H29N3O3/c1-36-25-14-12-22(13-15-25)21-6-8-23(9-7-21)28-31-27-5-3-2-4-26(27)30(35)33(28)19-20-16-17-32(18-20)29(34)24-10-11-24/h2-9,12-15,20,24H,10-11,16-19H2,1H3. The number of carbonyl (C=O) groups is 1. The van der Waals surface area contributed by atoms with Crippen LogP contribution >= 0.6 is 0 Å². The molecule has 2 heterocycles. The van der Waals surface area contributed by atoms with Gasteiger partial charge in [-0.1, -0.05) is 48.5 Å². The first-order valence-electron chi connectivity index (χ1n) is 12.6. The van der Waals surface area contributed by atoms with Gasteiger partial charge in [-0.15, -0.1) is 0 Å². The number of rotatable bonds is 6. The summed E-state index contributed by atoms with van der Waals surface area (Å²) < 4.78 is 7.09. The van der Waals surface area contributed by atoms with Gasteiger partial charge >= 0.3 is 0 Å². The van der Waals surface area contributed by atoms with Crippen molar-refractivity contribution in [2.75, 3.05) is 20.2 Å². The van der Waals surface area contributed by atoms with Crippen molar-refractivity contribution in [2.24, 2.45) is 11.8 Å². The molecular formula is C30H29N3O3. The lowest BCUT2D eigenvalue weighted by Gasteiger charge is -2.19. The summed E-state index contributed by atoms with van der Waals surface area (Å²) in [6, 6.07) is 23.7. The molecule has 1 saturated carbocycles. The monoisotopic (exact) mass is 479 g/mol. The molecular weight excluding hydrogens is 450 g/mol. The minimum absolute atomic E-state index is 0.0261. The molecule has 1 aliphatic carbocycles. The first-order chi connectivity index (χ1) is 17.6. The summed E-state index contributed by atoms with van der Waals surface area (Å²) in [7, 11) is 1.66. The fraction of sp³-hybridized carbons (Fsp3) is 0.300. The minimum atomic E-state index is -0.0261. The summed E-state index contributed by atoms with van der Waals surface area (Å²) in [4.78, 5) is 33.1. The average molecular weight is 480 g/mol. The van der Waals surface area contributed by atoms with E-state index in [0.29, 0.717) is 29.8 Å². The van der Waals surface area contributed by atoms with Gasteiger partial charge in [0.25, 0.3) is 5.56 Å². The molecule has 0 bridgehead atoms. The van der Waals surface area contributed by atoms with Crippen molar-refractivity contribution in [3.05, 3.63) is 83.2 Å². The second-order valence-electron chi connectivity index (χ2n) is 9.89. The lowest BCUT2D eigenvalue weighted by Crippen LogP contribution is -2.32. The van der Waals surface area contributed by atoms with Crippen molar-refractivity contribution < 1.29 is 9.53 Å². The molecule has 1 amide bonds. The van der Waals surface area contributed by atoms with Crippen LogP contribution in [0.15, 0.2) is 77.6 Å². The Morgan fingerprint density at radius 3 is 2.28 bits per heavy atom. The van der Waals surface area contributed by atoms with Gasteiger partial charge in [0.1, 0.15) is 11.6 Å². The van der Waals surface area contributed by atoms with Gasteiger partial charge in [-0.2, -0.15) is 0 Å².